The zero-order valence-electron chi connectivity index (χ0n) is 14.4. The number of fused-ring (bicyclic) bond motifs is 1. The van der Waals surface area contributed by atoms with E-state index in [0.29, 0.717) is 27.4 Å². The molecule has 3 aromatic rings. The van der Waals surface area contributed by atoms with E-state index < -0.39 is 5.63 Å². The predicted octanol–water partition coefficient (Wildman–Crippen LogP) is 2.77. The minimum absolute atomic E-state index is 0.0566. The molecule has 0 aliphatic carbocycles. The van der Waals surface area contributed by atoms with Gasteiger partial charge in [-0.2, -0.15) is 0 Å². The molecule has 0 saturated heterocycles. The Morgan fingerprint density at radius 3 is 2.59 bits per heavy atom. The van der Waals surface area contributed by atoms with Gasteiger partial charge in [0.25, 0.3) is 5.91 Å². The first-order valence-electron chi connectivity index (χ1n) is 8.17. The number of carbonyl (C=O) groups excluding carboxylic acids is 2. The maximum Gasteiger partial charge on any atom is 0.358 e. The van der Waals surface area contributed by atoms with E-state index in [-0.39, 0.29) is 30.3 Å². The van der Waals surface area contributed by atoms with Crippen LogP contribution in [-0.2, 0) is 11.2 Å². The lowest BCUT2D eigenvalue weighted by molar-refractivity contribution is -0.116. The third-order valence-corrected chi connectivity index (χ3v) is 4.10. The molecule has 0 radical (unpaired) electrons. The first-order valence-corrected chi connectivity index (χ1v) is 8.55. The van der Waals surface area contributed by atoms with Gasteiger partial charge in [-0.25, -0.2) is 9.78 Å². The molecule has 3 rings (SSSR count). The van der Waals surface area contributed by atoms with E-state index in [1.54, 1.807) is 49.5 Å². The number of rotatable bonds is 5. The standard InChI is InChI=1S/C19H16ClN3O4/c1-21-18(25)11-2-5-13(6-3-11)22-17(24)9-7-14-19(26)27-16-8-4-12(20)10-15(16)23-14/h2-6,8,10H,7,9H2,1H3,(H,21,25)(H,22,24). The number of amides is 2. The number of nitrogens with zero attached hydrogens (tertiary/aromatic N) is 1. The molecular formula is C19H16ClN3O4. The Bertz CT molecular complexity index is 1060. The first kappa shape index (κ1) is 18.6. The molecule has 2 N–H and O–H groups in total. The molecule has 0 bridgehead atoms. The third kappa shape index (κ3) is 4.51. The molecule has 0 aliphatic rings. The molecule has 8 heteroatoms. The van der Waals surface area contributed by atoms with Gasteiger partial charge in [0, 0.05) is 36.2 Å². The fraction of sp³-hybridized carbons (Fsp3) is 0.158. The molecule has 27 heavy (non-hydrogen) atoms. The molecule has 2 aromatic carbocycles. The highest BCUT2D eigenvalue weighted by Crippen LogP contribution is 2.17. The number of nitrogens with one attached hydrogen (secondary N) is 2. The fourth-order valence-electron chi connectivity index (χ4n) is 2.48. The van der Waals surface area contributed by atoms with Crippen molar-refractivity contribution in [2.24, 2.45) is 0 Å². The van der Waals surface area contributed by atoms with Crippen LogP contribution < -0.4 is 16.3 Å². The second kappa shape index (κ2) is 8.01. The van der Waals surface area contributed by atoms with Crippen molar-refractivity contribution in [1.29, 1.82) is 0 Å². The van der Waals surface area contributed by atoms with Crippen molar-refractivity contribution < 1.29 is 14.0 Å². The van der Waals surface area contributed by atoms with Crippen LogP contribution in [0.15, 0.2) is 51.7 Å². The Morgan fingerprint density at radius 2 is 1.89 bits per heavy atom. The molecular weight excluding hydrogens is 370 g/mol. The molecule has 7 nitrogen and oxygen atoms in total. The van der Waals surface area contributed by atoms with Crippen molar-refractivity contribution in [1.82, 2.24) is 10.3 Å². The number of anilines is 1. The molecule has 0 saturated carbocycles. The zero-order chi connectivity index (χ0) is 19.4. The van der Waals surface area contributed by atoms with Crippen LogP contribution in [-0.4, -0.2) is 23.8 Å². The first-order chi connectivity index (χ1) is 13.0. The Morgan fingerprint density at radius 1 is 1.15 bits per heavy atom. The summed E-state index contributed by atoms with van der Waals surface area (Å²) >= 11 is 5.92. The van der Waals surface area contributed by atoms with E-state index in [1.807, 2.05) is 0 Å². The van der Waals surface area contributed by atoms with Crippen LogP contribution in [0.3, 0.4) is 0 Å². The topological polar surface area (TPSA) is 101 Å². The van der Waals surface area contributed by atoms with E-state index in [4.69, 9.17) is 16.0 Å². The zero-order valence-corrected chi connectivity index (χ0v) is 15.2. The van der Waals surface area contributed by atoms with Crippen LogP contribution in [0.25, 0.3) is 11.1 Å². The second-order valence-electron chi connectivity index (χ2n) is 5.76. The van der Waals surface area contributed by atoms with Crippen LogP contribution in [0.2, 0.25) is 5.02 Å². The van der Waals surface area contributed by atoms with Gasteiger partial charge in [0.2, 0.25) is 5.91 Å². The summed E-state index contributed by atoms with van der Waals surface area (Å²) in [6.45, 7) is 0. The van der Waals surface area contributed by atoms with Gasteiger partial charge in [-0.15, -0.1) is 0 Å². The average molecular weight is 386 g/mol. The molecule has 0 aliphatic heterocycles. The van der Waals surface area contributed by atoms with Crippen LogP contribution in [0.1, 0.15) is 22.5 Å². The smallest absolute Gasteiger partial charge is 0.358 e. The van der Waals surface area contributed by atoms with E-state index in [9.17, 15) is 14.4 Å². The Kier molecular flexibility index (Phi) is 5.52. The quantitative estimate of drug-likeness (QED) is 0.703. The molecule has 1 aromatic heterocycles. The lowest BCUT2D eigenvalue weighted by Gasteiger charge is -2.06. The summed E-state index contributed by atoms with van der Waals surface area (Å²) in [7, 11) is 1.54. The monoisotopic (exact) mass is 385 g/mol. The van der Waals surface area contributed by atoms with Crippen LogP contribution in [0.4, 0.5) is 5.69 Å². The number of hydrogen-bond donors (Lipinski definition) is 2. The third-order valence-electron chi connectivity index (χ3n) is 3.86. The Balaban J connectivity index is 1.65. The summed E-state index contributed by atoms with van der Waals surface area (Å²) in [6, 6.07) is 11.3. The van der Waals surface area contributed by atoms with Crippen LogP contribution in [0.5, 0.6) is 0 Å². The number of benzene rings is 2. The summed E-state index contributed by atoms with van der Waals surface area (Å²) in [5.74, 6) is -0.489. The SMILES string of the molecule is CNC(=O)c1ccc(NC(=O)CCc2nc3cc(Cl)ccc3oc2=O)cc1. The van der Waals surface area contributed by atoms with Gasteiger partial charge in [0.15, 0.2) is 5.58 Å². The predicted molar refractivity (Wildman–Crippen MR) is 102 cm³/mol. The summed E-state index contributed by atoms with van der Waals surface area (Å²) in [4.78, 5) is 39.8. The molecule has 0 unspecified atom stereocenters. The van der Waals surface area contributed by atoms with E-state index >= 15 is 0 Å². The largest absolute Gasteiger partial charge is 0.420 e. The van der Waals surface area contributed by atoms with Gasteiger partial charge < -0.3 is 15.1 Å². The van der Waals surface area contributed by atoms with Gasteiger partial charge >= 0.3 is 5.63 Å². The number of aromatic nitrogens is 1. The van der Waals surface area contributed by atoms with E-state index in [0.717, 1.165) is 0 Å². The molecule has 138 valence electrons. The summed E-state index contributed by atoms with van der Waals surface area (Å²) in [5, 5.41) is 5.71. The van der Waals surface area contributed by atoms with Crippen molar-refractivity contribution >= 4 is 40.2 Å². The van der Waals surface area contributed by atoms with E-state index in [2.05, 4.69) is 15.6 Å². The van der Waals surface area contributed by atoms with Gasteiger partial charge in [-0.3, -0.25) is 9.59 Å². The molecule has 0 atom stereocenters. The second-order valence-corrected chi connectivity index (χ2v) is 6.20. The van der Waals surface area contributed by atoms with Gasteiger partial charge in [-0.05, 0) is 42.5 Å². The van der Waals surface area contributed by atoms with Gasteiger partial charge in [-0.1, -0.05) is 11.6 Å². The number of carbonyl (C=O) groups is 2. The van der Waals surface area contributed by atoms with Crippen molar-refractivity contribution in [3.8, 4) is 0 Å². The van der Waals surface area contributed by atoms with Crippen LogP contribution in [0, 0.1) is 0 Å². The Hall–Kier alpha value is -3.19. The Labute approximate surface area is 159 Å². The summed E-state index contributed by atoms with van der Waals surface area (Å²) in [5.41, 5.74) is 1.43. The van der Waals surface area contributed by atoms with Crippen molar-refractivity contribution in [2.45, 2.75) is 12.8 Å². The van der Waals surface area contributed by atoms with Gasteiger partial charge in [0.05, 0.1) is 0 Å². The molecule has 1 heterocycles. The lowest BCUT2D eigenvalue weighted by atomic mass is 10.2. The summed E-state index contributed by atoms with van der Waals surface area (Å²) < 4.78 is 5.20. The summed E-state index contributed by atoms with van der Waals surface area (Å²) in [6.07, 6.45) is 0.188. The fourth-order valence-corrected chi connectivity index (χ4v) is 2.64. The highest BCUT2D eigenvalue weighted by Gasteiger charge is 2.11. The van der Waals surface area contributed by atoms with Gasteiger partial charge in [0.1, 0.15) is 11.2 Å². The minimum atomic E-state index is -0.576. The van der Waals surface area contributed by atoms with Crippen molar-refractivity contribution in [3.63, 3.8) is 0 Å². The average Bonchev–Trinajstić information content (AvgIpc) is 2.66. The maximum atomic E-state index is 12.1. The van der Waals surface area contributed by atoms with Crippen molar-refractivity contribution in [3.05, 3.63) is 69.2 Å². The maximum absolute atomic E-state index is 12.1. The lowest BCUT2D eigenvalue weighted by Crippen LogP contribution is -2.18. The van der Waals surface area contributed by atoms with Crippen LogP contribution >= 0.6 is 11.6 Å². The van der Waals surface area contributed by atoms with E-state index in [1.165, 1.54) is 0 Å². The number of aryl methyl sites for hydroxylation is 1. The molecule has 2 amide bonds. The molecule has 0 fully saturated rings. The highest BCUT2D eigenvalue weighted by atomic mass is 35.5. The minimum Gasteiger partial charge on any atom is -0.420 e. The normalized spacial score (nSPS) is 10.6. The molecule has 0 spiro atoms. The highest BCUT2D eigenvalue weighted by molar-refractivity contribution is 6.31. The van der Waals surface area contributed by atoms with Crippen molar-refractivity contribution in [2.75, 3.05) is 12.4 Å². The number of halogens is 1. The number of hydrogen-bond acceptors (Lipinski definition) is 5.